The predicted molar refractivity (Wildman–Crippen MR) is 132 cm³/mol. The number of hydrogen-bond acceptors (Lipinski definition) is 8. The van der Waals surface area contributed by atoms with Gasteiger partial charge in [-0.2, -0.15) is 0 Å². The van der Waals surface area contributed by atoms with Crippen LogP contribution in [-0.4, -0.2) is 82.1 Å². The molecule has 3 N–H and O–H groups in total. The number of morpholine rings is 1. The van der Waals surface area contributed by atoms with Gasteiger partial charge in [-0.05, 0) is 30.7 Å². The van der Waals surface area contributed by atoms with Crippen LogP contribution < -0.4 is 5.32 Å². The second-order valence-electron chi connectivity index (χ2n) is 7.90. The zero-order valence-corrected chi connectivity index (χ0v) is 20.3. The van der Waals surface area contributed by atoms with E-state index in [1.165, 1.54) is 10.5 Å². The lowest BCUT2D eigenvalue weighted by atomic mass is 10.2. The van der Waals surface area contributed by atoms with Crippen LogP contribution in [0.25, 0.3) is 11.0 Å². The van der Waals surface area contributed by atoms with Gasteiger partial charge in [-0.1, -0.05) is 23.9 Å². The van der Waals surface area contributed by atoms with Crippen molar-refractivity contribution in [1.29, 1.82) is 0 Å². The molecular weight excluding hydrogens is 458 g/mol. The van der Waals surface area contributed by atoms with Crippen LogP contribution in [0, 0.1) is 6.92 Å². The number of aliphatic carboxylic acids is 1. The molecule has 0 radical (unpaired) electrons. The number of nitrogens with one attached hydrogen (secondary N) is 2. The number of thioether (sulfide) groups is 2. The van der Waals surface area contributed by atoms with Crippen LogP contribution in [0.3, 0.4) is 0 Å². The number of carboxylic acid groups (broad SMARTS) is 1. The summed E-state index contributed by atoms with van der Waals surface area (Å²) in [6.07, 6.45) is 1.93. The number of para-hydroxylation sites is 2. The minimum Gasteiger partial charge on any atom is -0.480 e. The first-order chi connectivity index (χ1) is 16.1. The van der Waals surface area contributed by atoms with Crippen LogP contribution in [-0.2, 0) is 15.3 Å². The molecule has 3 aromatic rings. The van der Waals surface area contributed by atoms with Crippen LogP contribution in [0.2, 0.25) is 0 Å². The number of hydrogen-bond donors (Lipinski definition) is 3. The number of fused-ring (bicyclic) bond motifs is 1. The largest absolute Gasteiger partial charge is 0.480 e. The highest BCUT2D eigenvalue weighted by atomic mass is 32.2. The summed E-state index contributed by atoms with van der Waals surface area (Å²) in [5.74, 6) is 0.910. The minimum atomic E-state index is -0.845. The maximum atomic E-state index is 10.7. The van der Waals surface area contributed by atoms with E-state index in [0.29, 0.717) is 13.2 Å². The van der Waals surface area contributed by atoms with Crippen molar-refractivity contribution in [2.24, 2.45) is 0 Å². The monoisotopic (exact) mass is 487 g/mol. The van der Waals surface area contributed by atoms with Gasteiger partial charge in [-0.25, -0.2) is 4.98 Å². The van der Waals surface area contributed by atoms with Crippen LogP contribution in [0.1, 0.15) is 11.3 Å². The van der Waals surface area contributed by atoms with E-state index in [9.17, 15) is 4.79 Å². The first kappa shape index (κ1) is 24.0. The third kappa shape index (κ3) is 6.94. The molecule has 0 amide bonds. The van der Waals surface area contributed by atoms with E-state index >= 15 is 0 Å². The molecule has 1 unspecified atom stereocenters. The van der Waals surface area contributed by atoms with Gasteiger partial charge in [0.25, 0.3) is 0 Å². The molecule has 0 saturated carbocycles. The molecule has 10 heteroatoms. The van der Waals surface area contributed by atoms with Crippen molar-refractivity contribution in [3.8, 4) is 0 Å². The summed E-state index contributed by atoms with van der Waals surface area (Å²) < 4.78 is 5.75. The lowest BCUT2D eigenvalue weighted by Gasteiger charge is -2.32. The number of aromatic nitrogens is 3. The van der Waals surface area contributed by atoms with Gasteiger partial charge < -0.3 is 20.1 Å². The highest BCUT2D eigenvalue weighted by Crippen LogP contribution is 2.28. The number of aromatic amines is 1. The van der Waals surface area contributed by atoms with E-state index in [2.05, 4.69) is 38.2 Å². The Morgan fingerprint density at radius 1 is 1.33 bits per heavy atom. The van der Waals surface area contributed by atoms with Crippen molar-refractivity contribution in [2.75, 3.05) is 45.1 Å². The quantitative estimate of drug-likeness (QED) is 0.352. The van der Waals surface area contributed by atoms with Crippen LogP contribution in [0.5, 0.6) is 0 Å². The molecular formula is C23H29N5O3S2. The second kappa shape index (κ2) is 11.8. The Labute approximate surface area is 201 Å². The molecule has 1 atom stereocenters. The number of rotatable bonds is 11. The van der Waals surface area contributed by atoms with Gasteiger partial charge in [0.05, 0.1) is 36.0 Å². The van der Waals surface area contributed by atoms with Crippen molar-refractivity contribution in [3.05, 3.63) is 47.8 Å². The average Bonchev–Trinajstić information content (AvgIpc) is 3.22. The second-order valence-corrected chi connectivity index (χ2v) is 10.00. The normalized spacial score (nSPS) is 16.9. The number of imidazole rings is 1. The number of nitrogens with zero attached hydrogens (tertiary/aromatic N) is 3. The number of ether oxygens (including phenoxy) is 1. The molecule has 2 aromatic heterocycles. The van der Waals surface area contributed by atoms with Crippen LogP contribution >= 0.6 is 23.5 Å². The van der Waals surface area contributed by atoms with E-state index < -0.39 is 5.97 Å². The lowest BCUT2D eigenvalue weighted by molar-refractivity contribution is -0.136. The van der Waals surface area contributed by atoms with E-state index in [0.717, 1.165) is 53.0 Å². The fourth-order valence-electron chi connectivity index (χ4n) is 3.73. The maximum Gasteiger partial charge on any atom is 0.317 e. The SMILES string of the molecule is Cc1c(SCCN2CCOC(CNCC(=O)O)C2)ccnc1CSc1nc2ccccc2[nH]1. The molecule has 1 aliphatic rings. The fraction of sp³-hybridized carbons (Fsp3) is 0.435. The Morgan fingerprint density at radius 2 is 2.21 bits per heavy atom. The van der Waals surface area contributed by atoms with Gasteiger partial charge in [0.1, 0.15) is 0 Å². The molecule has 3 heterocycles. The Kier molecular flexibility index (Phi) is 8.63. The summed E-state index contributed by atoms with van der Waals surface area (Å²) in [6, 6.07) is 10.1. The Morgan fingerprint density at radius 3 is 3.06 bits per heavy atom. The summed E-state index contributed by atoms with van der Waals surface area (Å²) in [7, 11) is 0. The number of pyridine rings is 1. The molecule has 0 aliphatic carbocycles. The minimum absolute atomic E-state index is 0.0337. The van der Waals surface area contributed by atoms with Gasteiger partial charge >= 0.3 is 5.97 Å². The van der Waals surface area contributed by atoms with Crippen molar-refractivity contribution < 1.29 is 14.6 Å². The van der Waals surface area contributed by atoms with Gasteiger partial charge in [0.2, 0.25) is 0 Å². The molecule has 33 heavy (non-hydrogen) atoms. The standard InChI is InChI=1S/C23H29N5O3S2/c1-16-20(15-33-23-26-18-4-2-3-5-19(18)27-23)25-7-6-21(16)32-11-9-28-8-10-31-17(14-28)12-24-13-22(29)30/h2-7,17,24H,8-15H2,1H3,(H,26,27)(H,29,30). The first-order valence-corrected chi connectivity index (χ1v) is 13.0. The van der Waals surface area contributed by atoms with Gasteiger partial charge in [0, 0.05) is 48.8 Å². The number of benzene rings is 1. The van der Waals surface area contributed by atoms with Crippen molar-refractivity contribution >= 4 is 40.5 Å². The van der Waals surface area contributed by atoms with Gasteiger partial charge in [-0.3, -0.25) is 14.7 Å². The van der Waals surface area contributed by atoms with Crippen molar-refractivity contribution in [3.63, 3.8) is 0 Å². The van der Waals surface area contributed by atoms with Crippen LogP contribution in [0.4, 0.5) is 0 Å². The molecule has 0 spiro atoms. The van der Waals surface area contributed by atoms with Crippen molar-refractivity contribution in [2.45, 2.75) is 28.8 Å². The van der Waals surface area contributed by atoms with E-state index in [1.807, 2.05) is 42.2 Å². The highest BCUT2D eigenvalue weighted by molar-refractivity contribution is 7.99. The highest BCUT2D eigenvalue weighted by Gasteiger charge is 2.20. The van der Waals surface area contributed by atoms with Crippen molar-refractivity contribution in [1.82, 2.24) is 25.2 Å². The molecule has 1 aliphatic heterocycles. The zero-order chi connectivity index (χ0) is 23.0. The third-order valence-electron chi connectivity index (χ3n) is 5.51. The summed E-state index contributed by atoms with van der Waals surface area (Å²) in [6.45, 7) is 6.05. The van der Waals surface area contributed by atoms with E-state index in [-0.39, 0.29) is 12.6 Å². The van der Waals surface area contributed by atoms with Crippen LogP contribution in [0.15, 0.2) is 46.6 Å². The first-order valence-electron chi connectivity index (χ1n) is 11.0. The average molecular weight is 488 g/mol. The molecule has 8 nitrogen and oxygen atoms in total. The zero-order valence-electron chi connectivity index (χ0n) is 18.6. The molecule has 1 aromatic carbocycles. The number of H-pyrrole nitrogens is 1. The summed E-state index contributed by atoms with van der Waals surface area (Å²) >= 11 is 3.53. The maximum absolute atomic E-state index is 10.7. The predicted octanol–water partition coefficient (Wildman–Crippen LogP) is 3.03. The third-order valence-corrected chi connectivity index (χ3v) is 7.53. The molecule has 0 bridgehead atoms. The Bertz CT molecular complexity index is 1040. The van der Waals surface area contributed by atoms with E-state index in [4.69, 9.17) is 9.84 Å². The summed E-state index contributed by atoms with van der Waals surface area (Å²) in [5, 5.41) is 12.6. The van der Waals surface area contributed by atoms with E-state index in [1.54, 1.807) is 11.8 Å². The fourth-order valence-corrected chi connectivity index (χ4v) is 5.70. The summed E-state index contributed by atoms with van der Waals surface area (Å²) in [4.78, 5) is 26.9. The molecule has 1 fully saturated rings. The molecule has 176 valence electrons. The lowest BCUT2D eigenvalue weighted by Crippen LogP contribution is -2.47. The summed E-state index contributed by atoms with van der Waals surface area (Å²) in [5.41, 5.74) is 4.35. The Hall–Kier alpha value is -2.11. The number of carboxylic acids is 1. The van der Waals surface area contributed by atoms with Gasteiger partial charge in [-0.15, -0.1) is 11.8 Å². The Balaban J connectivity index is 1.25. The molecule has 4 rings (SSSR count). The topological polar surface area (TPSA) is 103 Å². The number of carbonyl (C=O) groups is 1. The van der Waals surface area contributed by atoms with Gasteiger partial charge in [0.15, 0.2) is 5.16 Å². The molecule has 1 saturated heterocycles. The smallest absolute Gasteiger partial charge is 0.317 e.